The lowest BCUT2D eigenvalue weighted by atomic mass is 9.96. The van der Waals surface area contributed by atoms with Gasteiger partial charge in [-0.1, -0.05) is 47.2 Å². The number of benzene rings is 1. The standard InChI is InChI=1S/C29H24ClN7S/c1-17-25-21(37(35-17)24-10-6-7-15-31-24)12-11-19(27(25)30)16-32-29-33-28-23(38-29)14-13-22-26(28)18(2)34-36(22)20-8-4-3-5-9-20/h3-10,15-16H,11-14H2,1-2H3/b32-16+. The molecular formula is C29H24ClN7S. The van der Waals surface area contributed by atoms with Crippen LogP contribution in [0.15, 0.2) is 65.3 Å². The Balaban J connectivity index is 1.21. The van der Waals surface area contributed by atoms with Crippen molar-refractivity contribution in [2.75, 3.05) is 0 Å². The van der Waals surface area contributed by atoms with Crippen molar-refractivity contribution in [1.29, 1.82) is 0 Å². The van der Waals surface area contributed by atoms with Gasteiger partial charge in [-0.3, -0.25) is 0 Å². The summed E-state index contributed by atoms with van der Waals surface area (Å²) >= 11 is 8.58. The quantitative estimate of drug-likeness (QED) is 0.242. The number of aliphatic imine (C=N–C) groups is 1. The molecule has 0 bridgehead atoms. The highest BCUT2D eigenvalue weighted by Crippen LogP contribution is 2.42. The molecule has 0 atom stereocenters. The van der Waals surface area contributed by atoms with Crippen LogP contribution in [-0.4, -0.2) is 35.7 Å². The van der Waals surface area contributed by atoms with Crippen molar-refractivity contribution in [2.45, 2.75) is 39.5 Å². The molecule has 0 N–H and O–H groups in total. The van der Waals surface area contributed by atoms with Crippen molar-refractivity contribution in [1.82, 2.24) is 29.5 Å². The highest BCUT2D eigenvalue weighted by atomic mass is 35.5. The Morgan fingerprint density at radius 3 is 2.42 bits per heavy atom. The molecule has 0 fully saturated rings. The van der Waals surface area contributed by atoms with Crippen LogP contribution in [-0.2, 0) is 19.3 Å². The molecule has 7 nitrogen and oxygen atoms in total. The summed E-state index contributed by atoms with van der Waals surface area (Å²) in [5.41, 5.74) is 9.42. The molecule has 0 saturated carbocycles. The summed E-state index contributed by atoms with van der Waals surface area (Å²) in [7, 11) is 0. The number of fused-ring (bicyclic) bond motifs is 4. The zero-order valence-corrected chi connectivity index (χ0v) is 22.6. The molecule has 9 heteroatoms. The minimum absolute atomic E-state index is 0.707. The molecule has 4 heterocycles. The first-order valence-electron chi connectivity index (χ1n) is 12.7. The van der Waals surface area contributed by atoms with E-state index in [4.69, 9.17) is 31.8 Å². The van der Waals surface area contributed by atoms with E-state index in [9.17, 15) is 0 Å². The minimum Gasteiger partial charge on any atom is -0.237 e. The maximum absolute atomic E-state index is 6.92. The number of hydrogen-bond donors (Lipinski definition) is 0. The first-order valence-corrected chi connectivity index (χ1v) is 13.8. The van der Waals surface area contributed by atoms with Crippen molar-refractivity contribution in [3.63, 3.8) is 0 Å². The number of halogens is 1. The van der Waals surface area contributed by atoms with E-state index in [0.717, 1.165) is 81.8 Å². The molecule has 0 saturated heterocycles. The second kappa shape index (κ2) is 9.15. The van der Waals surface area contributed by atoms with Gasteiger partial charge in [0.15, 0.2) is 5.82 Å². The Morgan fingerprint density at radius 2 is 1.61 bits per heavy atom. The normalized spacial score (nSPS) is 14.6. The van der Waals surface area contributed by atoms with Crippen molar-refractivity contribution < 1.29 is 0 Å². The van der Waals surface area contributed by atoms with E-state index < -0.39 is 0 Å². The molecule has 188 valence electrons. The molecule has 0 radical (unpaired) electrons. The largest absolute Gasteiger partial charge is 0.237 e. The number of nitrogens with zero attached hydrogens (tertiary/aromatic N) is 7. The molecule has 5 aromatic rings. The Kier molecular flexibility index (Phi) is 5.60. The summed E-state index contributed by atoms with van der Waals surface area (Å²) in [5.74, 6) is 0.803. The van der Waals surface area contributed by atoms with Gasteiger partial charge in [0.1, 0.15) is 0 Å². The number of hydrogen-bond acceptors (Lipinski definition) is 6. The average molecular weight is 538 g/mol. The van der Waals surface area contributed by atoms with E-state index in [1.165, 1.54) is 10.6 Å². The molecule has 7 rings (SSSR count). The van der Waals surface area contributed by atoms with Gasteiger partial charge < -0.3 is 0 Å². The predicted molar refractivity (Wildman–Crippen MR) is 152 cm³/mol. The Hall–Kier alpha value is -3.88. The predicted octanol–water partition coefficient (Wildman–Crippen LogP) is 6.59. The number of allylic oxidation sites excluding steroid dienone is 1. The monoisotopic (exact) mass is 537 g/mol. The third kappa shape index (κ3) is 3.75. The number of rotatable bonds is 4. The van der Waals surface area contributed by atoms with Gasteiger partial charge in [0.05, 0.1) is 39.2 Å². The fraction of sp³-hybridized carbons (Fsp3) is 0.207. The number of thiazole rings is 1. The van der Waals surface area contributed by atoms with Crippen LogP contribution < -0.4 is 0 Å². The summed E-state index contributed by atoms with van der Waals surface area (Å²) in [6, 6.07) is 16.1. The van der Waals surface area contributed by atoms with Crippen LogP contribution in [0, 0.1) is 13.8 Å². The second-order valence-electron chi connectivity index (χ2n) is 9.53. The molecule has 2 aliphatic rings. The van der Waals surface area contributed by atoms with E-state index >= 15 is 0 Å². The zero-order valence-electron chi connectivity index (χ0n) is 21.0. The van der Waals surface area contributed by atoms with Crippen molar-refractivity contribution in [3.8, 4) is 22.8 Å². The highest BCUT2D eigenvalue weighted by Gasteiger charge is 2.28. The zero-order chi connectivity index (χ0) is 25.8. The summed E-state index contributed by atoms with van der Waals surface area (Å²) in [6.45, 7) is 4.05. The summed E-state index contributed by atoms with van der Waals surface area (Å²) in [4.78, 5) is 15.5. The van der Waals surface area contributed by atoms with E-state index in [2.05, 4.69) is 28.7 Å². The SMILES string of the molecule is Cc1nn(-c2ccccn2)c2c1C(Cl)=C(/C=N/c1nc3c(s1)CCc1c-3c(C)nn1-c1ccccc1)CC2. The van der Waals surface area contributed by atoms with Crippen LogP contribution in [0.5, 0.6) is 0 Å². The van der Waals surface area contributed by atoms with Crippen LogP contribution in [0.25, 0.3) is 27.8 Å². The highest BCUT2D eigenvalue weighted by molar-refractivity contribution is 7.15. The van der Waals surface area contributed by atoms with Crippen molar-refractivity contribution in [3.05, 3.63) is 93.5 Å². The van der Waals surface area contributed by atoms with Crippen LogP contribution >= 0.6 is 22.9 Å². The summed E-state index contributed by atoms with van der Waals surface area (Å²) < 4.78 is 3.97. The van der Waals surface area contributed by atoms with Crippen LogP contribution in [0.2, 0.25) is 0 Å². The molecule has 2 aliphatic carbocycles. The third-order valence-corrected chi connectivity index (χ3v) is 8.61. The summed E-state index contributed by atoms with van der Waals surface area (Å²) in [6.07, 6.45) is 7.14. The molecule has 0 aliphatic heterocycles. The van der Waals surface area contributed by atoms with Crippen molar-refractivity contribution >= 4 is 39.3 Å². The molecule has 1 aromatic carbocycles. The maximum atomic E-state index is 6.92. The fourth-order valence-electron chi connectivity index (χ4n) is 5.43. The van der Waals surface area contributed by atoms with E-state index in [1.54, 1.807) is 17.5 Å². The minimum atomic E-state index is 0.707. The van der Waals surface area contributed by atoms with Gasteiger partial charge in [0.2, 0.25) is 5.13 Å². The molecule has 38 heavy (non-hydrogen) atoms. The third-order valence-electron chi connectivity index (χ3n) is 7.15. The Morgan fingerprint density at radius 1 is 0.868 bits per heavy atom. The number of para-hydroxylation sites is 1. The molecule has 0 unspecified atom stereocenters. The second-order valence-corrected chi connectivity index (χ2v) is 11.0. The summed E-state index contributed by atoms with van der Waals surface area (Å²) in [5, 5.41) is 11.1. The van der Waals surface area contributed by atoms with Gasteiger partial charge >= 0.3 is 0 Å². The van der Waals surface area contributed by atoms with Crippen LogP contribution in [0.3, 0.4) is 0 Å². The van der Waals surface area contributed by atoms with Gasteiger partial charge in [0, 0.05) is 28.4 Å². The van der Waals surface area contributed by atoms with E-state index in [0.29, 0.717) is 5.03 Å². The lowest BCUT2D eigenvalue weighted by Crippen LogP contribution is -2.09. The van der Waals surface area contributed by atoms with E-state index in [1.807, 2.05) is 54.2 Å². The maximum Gasteiger partial charge on any atom is 0.209 e. The lowest BCUT2D eigenvalue weighted by molar-refractivity contribution is 0.760. The van der Waals surface area contributed by atoms with E-state index in [-0.39, 0.29) is 0 Å². The number of aryl methyl sites for hydroxylation is 3. The smallest absolute Gasteiger partial charge is 0.209 e. The van der Waals surface area contributed by atoms with Crippen LogP contribution in [0.4, 0.5) is 5.13 Å². The van der Waals surface area contributed by atoms with Crippen molar-refractivity contribution in [2.24, 2.45) is 4.99 Å². The molecule has 0 spiro atoms. The van der Waals surface area contributed by atoms with Crippen LogP contribution in [0.1, 0.15) is 39.6 Å². The molecule has 4 aromatic heterocycles. The first-order chi connectivity index (χ1) is 18.6. The van der Waals surface area contributed by atoms with Gasteiger partial charge in [0.25, 0.3) is 0 Å². The topological polar surface area (TPSA) is 73.8 Å². The average Bonchev–Trinajstić information content (AvgIpc) is 3.62. The first kappa shape index (κ1) is 23.3. The lowest BCUT2D eigenvalue weighted by Gasteiger charge is -2.16. The van der Waals surface area contributed by atoms with Gasteiger partial charge in [-0.05, 0) is 69.4 Å². The van der Waals surface area contributed by atoms with Gasteiger partial charge in [-0.15, -0.1) is 0 Å². The number of pyridine rings is 1. The molecular weight excluding hydrogens is 514 g/mol. The van der Waals surface area contributed by atoms with Gasteiger partial charge in [-0.25, -0.2) is 24.3 Å². The molecule has 0 amide bonds. The Labute approximate surface area is 229 Å². The Bertz CT molecular complexity index is 1740. The van der Waals surface area contributed by atoms with Gasteiger partial charge in [-0.2, -0.15) is 10.2 Å². The fourth-order valence-corrected chi connectivity index (χ4v) is 6.73. The number of aromatic nitrogens is 6.